The van der Waals surface area contributed by atoms with Crippen molar-refractivity contribution in [1.82, 2.24) is 10.6 Å². The summed E-state index contributed by atoms with van der Waals surface area (Å²) in [4.78, 5) is 35.0. The molecule has 3 N–H and O–H groups in total. The zero-order valence-electron chi connectivity index (χ0n) is 20.0. The lowest BCUT2D eigenvalue weighted by atomic mass is 10.0. The van der Waals surface area contributed by atoms with E-state index in [1.54, 1.807) is 0 Å². The van der Waals surface area contributed by atoms with Crippen molar-refractivity contribution in [2.24, 2.45) is 0 Å². The van der Waals surface area contributed by atoms with Gasteiger partial charge in [-0.1, -0.05) is 95.9 Å². The fourth-order valence-corrected chi connectivity index (χ4v) is 3.75. The molecule has 0 heterocycles. The summed E-state index contributed by atoms with van der Waals surface area (Å²) in [6.45, 7) is 3.93. The van der Waals surface area contributed by atoms with Crippen LogP contribution in [0.3, 0.4) is 0 Å². The first kappa shape index (κ1) is 27.7. The van der Waals surface area contributed by atoms with Gasteiger partial charge in [0, 0.05) is 12.8 Å². The maximum Gasteiger partial charge on any atom is 0.326 e. The number of carboxylic acids is 1. The molecule has 0 bridgehead atoms. The van der Waals surface area contributed by atoms with Crippen LogP contribution in [0.2, 0.25) is 0 Å². The summed E-state index contributed by atoms with van der Waals surface area (Å²) in [5.74, 6) is -1.77. The number of hydrogen-bond acceptors (Lipinski definition) is 3. The normalized spacial score (nSPS) is 13.9. The van der Waals surface area contributed by atoms with E-state index in [2.05, 4.69) is 24.5 Å². The minimum Gasteiger partial charge on any atom is -0.480 e. The van der Waals surface area contributed by atoms with E-state index >= 15 is 0 Å². The van der Waals surface area contributed by atoms with Crippen molar-refractivity contribution >= 4 is 17.8 Å². The van der Waals surface area contributed by atoms with E-state index in [1.165, 1.54) is 38.5 Å². The average molecular weight is 447 g/mol. The van der Waals surface area contributed by atoms with E-state index in [1.807, 2.05) is 24.3 Å². The van der Waals surface area contributed by atoms with Gasteiger partial charge < -0.3 is 15.7 Å². The average Bonchev–Trinajstić information content (AvgIpc) is 2.79. The van der Waals surface area contributed by atoms with Gasteiger partial charge in [0.05, 0.1) is 6.54 Å². The lowest BCUT2D eigenvalue weighted by Crippen LogP contribution is -2.46. The molecule has 1 aliphatic rings. The van der Waals surface area contributed by atoms with Crippen LogP contribution in [0.25, 0.3) is 0 Å². The van der Waals surface area contributed by atoms with Crippen LogP contribution in [0.15, 0.2) is 24.3 Å². The molecule has 1 aromatic carbocycles. The van der Waals surface area contributed by atoms with Gasteiger partial charge in [0.15, 0.2) is 0 Å². The number of carbonyl (C=O) groups excluding carboxylic acids is 2. The number of aliphatic carboxylic acids is 1. The Morgan fingerprint density at radius 1 is 0.906 bits per heavy atom. The lowest BCUT2D eigenvalue weighted by molar-refractivity contribution is -0.141. The standard InChI is InChI=1S/C20H30N2O4.C6H12/c1-3-5-6-11-18(23)21-14-19(24)22-17(20(25)26)13-16-10-7-9-15(12-16)8-4-2;1-2-4-6-5-3-1/h7,9-10,12,17H,3-6,8,11,13-14H2,1-2H3,(H,21,23)(H,22,24)(H,25,26);1-6H2. The highest BCUT2D eigenvalue weighted by Gasteiger charge is 2.20. The Bertz CT molecular complexity index is 675. The van der Waals surface area contributed by atoms with Gasteiger partial charge in [-0.05, 0) is 24.0 Å². The summed E-state index contributed by atoms with van der Waals surface area (Å²) < 4.78 is 0. The minimum atomic E-state index is -1.09. The van der Waals surface area contributed by atoms with Gasteiger partial charge in [-0.2, -0.15) is 0 Å². The molecule has 1 aliphatic carbocycles. The van der Waals surface area contributed by atoms with Crippen molar-refractivity contribution in [3.05, 3.63) is 35.4 Å². The summed E-state index contributed by atoms with van der Waals surface area (Å²) >= 11 is 0. The maximum absolute atomic E-state index is 12.0. The van der Waals surface area contributed by atoms with Crippen molar-refractivity contribution < 1.29 is 19.5 Å². The van der Waals surface area contributed by atoms with Crippen LogP contribution in [0.1, 0.15) is 95.6 Å². The van der Waals surface area contributed by atoms with Crippen LogP contribution in [-0.4, -0.2) is 35.5 Å². The number of nitrogens with one attached hydrogen (secondary N) is 2. The maximum atomic E-state index is 12.0. The molecule has 2 amide bonds. The van der Waals surface area contributed by atoms with Gasteiger partial charge in [0.2, 0.25) is 11.8 Å². The number of benzene rings is 1. The Morgan fingerprint density at radius 3 is 2.09 bits per heavy atom. The third-order valence-electron chi connectivity index (χ3n) is 5.56. The molecule has 6 heteroatoms. The summed E-state index contributed by atoms with van der Waals surface area (Å²) in [6, 6.07) is 6.72. The molecule has 0 spiro atoms. The second-order valence-corrected chi connectivity index (χ2v) is 8.59. The fraction of sp³-hybridized carbons (Fsp3) is 0.654. The van der Waals surface area contributed by atoms with Gasteiger partial charge in [-0.15, -0.1) is 0 Å². The highest BCUT2D eigenvalue weighted by atomic mass is 16.4. The summed E-state index contributed by atoms with van der Waals surface area (Å²) in [5.41, 5.74) is 2.02. The zero-order valence-corrected chi connectivity index (χ0v) is 20.0. The number of hydrogen-bond donors (Lipinski definition) is 3. The molecule has 1 unspecified atom stereocenters. The molecule has 2 rings (SSSR count). The molecule has 0 aliphatic heterocycles. The summed E-state index contributed by atoms with van der Waals surface area (Å²) in [7, 11) is 0. The molecular weight excluding hydrogens is 404 g/mol. The number of amides is 2. The lowest BCUT2D eigenvalue weighted by Gasteiger charge is -2.15. The van der Waals surface area contributed by atoms with Crippen LogP contribution in [0.5, 0.6) is 0 Å². The number of carboxylic acid groups (broad SMARTS) is 1. The molecule has 1 atom stereocenters. The number of rotatable bonds is 12. The molecule has 0 radical (unpaired) electrons. The first-order valence-corrected chi connectivity index (χ1v) is 12.3. The molecule has 0 saturated heterocycles. The van der Waals surface area contributed by atoms with E-state index in [-0.39, 0.29) is 18.9 Å². The molecule has 1 fully saturated rings. The quantitative estimate of drug-likeness (QED) is 0.402. The molecule has 0 aromatic heterocycles. The highest BCUT2D eigenvalue weighted by molar-refractivity contribution is 5.87. The molecular formula is C26H42N2O4. The fourth-order valence-electron chi connectivity index (χ4n) is 3.75. The first-order chi connectivity index (χ1) is 15.5. The topological polar surface area (TPSA) is 95.5 Å². The van der Waals surface area contributed by atoms with Gasteiger partial charge in [-0.3, -0.25) is 9.59 Å². The van der Waals surface area contributed by atoms with Crippen LogP contribution in [-0.2, 0) is 27.2 Å². The van der Waals surface area contributed by atoms with Crippen molar-refractivity contribution in [2.45, 2.75) is 103 Å². The molecule has 1 aromatic rings. The van der Waals surface area contributed by atoms with Crippen LogP contribution < -0.4 is 10.6 Å². The number of aryl methyl sites for hydroxylation is 1. The van der Waals surface area contributed by atoms with Crippen molar-refractivity contribution in [2.75, 3.05) is 6.54 Å². The first-order valence-electron chi connectivity index (χ1n) is 12.3. The monoisotopic (exact) mass is 446 g/mol. The number of carbonyl (C=O) groups is 3. The molecule has 1 saturated carbocycles. The second-order valence-electron chi connectivity index (χ2n) is 8.59. The predicted octanol–water partition coefficient (Wildman–Crippen LogP) is 4.79. The van der Waals surface area contributed by atoms with Gasteiger partial charge >= 0.3 is 5.97 Å². The Labute approximate surface area is 193 Å². The third kappa shape index (κ3) is 13.1. The van der Waals surface area contributed by atoms with Crippen molar-refractivity contribution in [1.29, 1.82) is 0 Å². The SMILES string of the molecule is C1CCCCC1.CCCCCC(=O)NCC(=O)NC(Cc1cccc(CCC)c1)C(=O)O. The van der Waals surface area contributed by atoms with Crippen LogP contribution in [0.4, 0.5) is 0 Å². The van der Waals surface area contributed by atoms with Crippen molar-refractivity contribution in [3.63, 3.8) is 0 Å². The minimum absolute atomic E-state index is 0.187. The van der Waals surface area contributed by atoms with E-state index in [0.717, 1.165) is 43.2 Å². The van der Waals surface area contributed by atoms with Gasteiger partial charge in [-0.25, -0.2) is 4.79 Å². The highest BCUT2D eigenvalue weighted by Crippen LogP contribution is 2.15. The Balaban J connectivity index is 0.000000730. The van der Waals surface area contributed by atoms with E-state index in [9.17, 15) is 19.5 Å². The Morgan fingerprint density at radius 2 is 1.53 bits per heavy atom. The third-order valence-corrected chi connectivity index (χ3v) is 5.56. The van der Waals surface area contributed by atoms with Gasteiger partial charge in [0.25, 0.3) is 0 Å². The largest absolute Gasteiger partial charge is 0.480 e. The van der Waals surface area contributed by atoms with E-state index in [4.69, 9.17) is 0 Å². The van der Waals surface area contributed by atoms with Crippen molar-refractivity contribution in [3.8, 4) is 0 Å². The van der Waals surface area contributed by atoms with Crippen LogP contribution >= 0.6 is 0 Å². The smallest absolute Gasteiger partial charge is 0.326 e. The van der Waals surface area contributed by atoms with Crippen LogP contribution in [0, 0.1) is 0 Å². The Hall–Kier alpha value is -2.37. The summed E-state index contributed by atoms with van der Waals surface area (Å²) in [6.07, 6.45) is 14.3. The van der Waals surface area contributed by atoms with E-state index in [0.29, 0.717) is 6.42 Å². The Kier molecular flexibility index (Phi) is 14.9. The molecule has 32 heavy (non-hydrogen) atoms. The van der Waals surface area contributed by atoms with E-state index < -0.39 is 17.9 Å². The second kappa shape index (κ2) is 17.2. The number of unbranched alkanes of at least 4 members (excludes halogenated alkanes) is 2. The summed E-state index contributed by atoms with van der Waals surface area (Å²) in [5, 5.41) is 14.4. The zero-order chi connectivity index (χ0) is 23.6. The molecule has 6 nitrogen and oxygen atoms in total. The van der Waals surface area contributed by atoms with Gasteiger partial charge in [0.1, 0.15) is 6.04 Å². The predicted molar refractivity (Wildman–Crippen MR) is 129 cm³/mol. The molecule has 180 valence electrons.